The summed E-state index contributed by atoms with van der Waals surface area (Å²) in [6, 6.07) is 11.8. The highest BCUT2D eigenvalue weighted by atomic mass is 32.1. The molecule has 0 saturated heterocycles. The number of aryl methyl sites for hydroxylation is 2. The van der Waals surface area contributed by atoms with Crippen molar-refractivity contribution in [3.8, 4) is 17.2 Å². The summed E-state index contributed by atoms with van der Waals surface area (Å²) in [4.78, 5) is 0. The van der Waals surface area contributed by atoms with Crippen LogP contribution in [0.3, 0.4) is 0 Å². The Bertz CT molecular complexity index is 804. The van der Waals surface area contributed by atoms with E-state index in [2.05, 4.69) is 41.8 Å². The lowest BCUT2D eigenvalue weighted by molar-refractivity contribution is 0.239. The van der Waals surface area contributed by atoms with E-state index in [1.165, 1.54) is 0 Å². The molecule has 0 bridgehead atoms. The van der Waals surface area contributed by atoms with Crippen LogP contribution >= 0.6 is 12.2 Å². The zero-order valence-electron chi connectivity index (χ0n) is 16.7. The number of para-hydroxylation sites is 1. The summed E-state index contributed by atoms with van der Waals surface area (Å²) in [5, 5.41) is 7.29. The highest BCUT2D eigenvalue weighted by Crippen LogP contribution is 2.28. The quantitative estimate of drug-likeness (QED) is 0.290. The summed E-state index contributed by atoms with van der Waals surface area (Å²) in [6.45, 7) is 5.23. The van der Waals surface area contributed by atoms with Gasteiger partial charge in [-0.3, -0.25) is 5.43 Å². The predicted molar refractivity (Wildman–Crippen MR) is 117 cm³/mol. The molecule has 0 amide bonds. The first-order valence-electron chi connectivity index (χ1n) is 9.05. The Hall–Kier alpha value is -2.80. The molecule has 150 valence electrons. The Morgan fingerprint density at radius 2 is 1.79 bits per heavy atom. The molecule has 0 aliphatic rings. The van der Waals surface area contributed by atoms with E-state index in [1.807, 2.05) is 24.3 Å². The second kappa shape index (κ2) is 11.1. The summed E-state index contributed by atoms with van der Waals surface area (Å²) < 4.78 is 17.2. The minimum Gasteiger partial charge on any atom is -0.493 e. The molecule has 28 heavy (non-hydrogen) atoms. The molecule has 7 heteroatoms. The fourth-order valence-corrected chi connectivity index (χ4v) is 2.60. The smallest absolute Gasteiger partial charge is 0.186 e. The van der Waals surface area contributed by atoms with E-state index in [1.54, 1.807) is 20.4 Å². The monoisotopic (exact) mass is 401 g/mol. The molecule has 0 heterocycles. The summed E-state index contributed by atoms with van der Waals surface area (Å²) in [5.74, 6) is 2.29. The normalized spacial score (nSPS) is 10.6. The molecular formula is C21H27N3O3S. The molecule has 2 aromatic carbocycles. The Labute approximate surface area is 171 Å². The van der Waals surface area contributed by atoms with Crippen molar-refractivity contribution in [2.24, 2.45) is 5.10 Å². The minimum absolute atomic E-state index is 0.450. The molecule has 2 rings (SSSR count). The number of nitrogens with one attached hydrogen (secondary N) is 2. The Balaban J connectivity index is 1.84. The van der Waals surface area contributed by atoms with E-state index in [9.17, 15) is 0 Å². The van der Waals surface area contributed by atoms with Gasteiger partial charge in [0.15, 0.2) is 16.6 Å². The molecule has 2 N–H and O–H groups in total. The predicted octanol–water partition coefficient (Wildman–Crippen LogP) is 3.59. The van der Waals surface area contributed by atoms with E-state index in [0.29, 0.717) is 29.8 Å². The lowest BCUT2D eigenvalue weighted by Crippen LogP contribution is -2.28. The van der Waals surface area contributed by atoms with Crippen LogP contribution in [-0.4, -0.2) is 38.7 Å². The molecule has 0 aromatic heterocycles. The number of rotatable bonds is 9. The largest absolute Gasteiger partial charge is 0.493 e. The van der Waals surface area contributed by atoms with Crippen LogP contribution in [0.5, 0.6) is 17.2 Å². The van der Waals surface area contributed by atoms with Gasteiger partial charge in [0.2, 0.25) is 0 Å². The Morgan fingerprint density at radius 1 is 1.07 bits per heavy atom. The SMILES string of the molecule is CNC(=S)NN=Cc1ccc(OCCCOc2c(C)cccc2C)c(OC)c1. The van der Waals surface area contributed by atoms with Crippen molar-refractivity contribution in [2.45, 2.75) is 20.3 Å². The first kappa shape index (κ1) is 21.5. The zero-order valence-corrected chi connectivity index (χ0v) is 17.6. The van der Waals surface area contributed by atoms with Gasteiger partial charge in [0.25, 0.3) is 0 Å². The molecule has 2 aromatic rings. The van der Waals surface area contributed by atoms with Gasteiger partial charge >= 0.3 is 0 Å². The lowest BCUT2D eigenvalue weighted by atomic mass is 10.1. The number of thiocarbonyl (C=S) groups is 1. The van der Waals surface area contributed by atoms with Crippen LogP contribution < -0.4 is 25.0 Å². The van der Waals surface area contributed by atoms with Gasteiger partial charge in [-0.25, -0.2) is 0 Å². The van der Waals surface area contributed by atoms with Crippen LogP contribution in [0.15, 0.2) is 41.5 Å². The van der Waals surface area contributed by atoms with Gasteiger partial charge in [0.05, 0.1) is 26.5 Å². The van der Waals surface area contributed by atoms with Crippen LogP contribution in [-0.2, 0) is 0 Å². The third-order valence-electron chi connectivity index (χ3n) is 4.00. The minimum atomic E-state index is 0.450. The second-order valence-electron chi connectivity index (χ2n) is 6.13. The topological polar surface area (TPSA) is 64.1 Å². The second-order valence-corrected chi connectivity index (χ2v) is 6.54. The van der Waals surface area contributed by atoms with Gasteiger partial charge in [0, 0.05) is 13.5 Å². The molecule has 0 aliphatic carbocycles. The summed E-state index contributed by atoms with van der Waals surface area (Å²) in [5.41, 5.74) is 5.86. The zero-order chi connectivity index (χ0) is 20.4. The number of nitrogens with zero attached hydrogens (tertiary/aromatic N) is 1. The third-order valence-corrected chi connectivity index (χ3v) is 4.29. The fourth-order valence-electron chi connectivity index (χ4n) is 2.55. The number of hydrazone groups is 1. The molecular weight excluding hydrogens is 374 g/mol. The van der Waals surface area contributed by atoms with Crippen molar-refractivity contribution in [3.05, 3.63) is 53.1 Å². The Morgan fingerprint density at radius 3 is 2.46 bits per heavy atom. The van der Waals surface area contributed by atoms with Gasteiger partial charge < -0.3 is 19.5 Å². The van der Waals surface area contributed by atoms with Crippen LogP contribution in [0.4, 0.5) is 0 Å². The van der Waals surface area contributed by atoms with Gasteiger partial charge in [-0.1, -0.05) is 18.2 Å². The van der Waals surface area contributed by atoms with Gasteiger partial charge in [0.1, 0.15) is 5.75 Å². The molecule has 0 saturated carbocycles. The molecule has 6 nitrogen and oxygen atoms in total. The van der Waals surface area contributed by atoms with Gasteiger partial charge in [-0.05, 0) is 61.0 Å². The average Bonchev–Trinajstić information content (AvgIpc) is 2.70. The summed E-state index contributed by atoms with van der Waals surface area (Å²) in [7, 11) is 3.34. The van der Waals surface area contributed by atoms with E-state index < -0.39 is 0 Å². The number of hydrogen-bond donors (Lipinski definition) is 2. The van der Waals surface area contributed by atoms with E-state index in [0.717, 1.165) is 28.9 Å². The highest BCUT2D eigenvalue weighted by molar-refractivity contribution is 7.80. The van der Waals surface area contributed by atoms with Crippen LogP contribution in [0.2, 0.25) is 0 Å². The highest BCUT2D eigenvalue weighted by Gasteiger charge is 2.06. The van der Waals surface area contributed by atoms with Crippen molar-refractivity contribution in [1.82, 2.24) is 10.7 Å². The molecule has 0 atom stereocenters. The van der Waals surface area contributed by atoms with Gasteiger partial charge in [-0.2, -0.15) is 5.10 Å². The van der Waals surface area contributed by atoms with Crippen molar-refractivity contribution in [2.75, 3.05) is 27.4 Å². The summed E-state index contributed by atoms with van der Waals surface area (Å²) in [6.07, 6.45) is 2.43. The van der Waals surface area contributed by atoms with E-state index in [4.69, 9.17) is 26.4 Å². The maximum atomic E-state index is 5.90. The number of ether oxygens (including phenoxy) is 3. The van der Waals surface area contributed by atoms with Crippen molar-refractivity contribution >= 4 is 23.5 Å². The molecule has 0 aliphatic heterocycles. The maximum absolute atomic E-state index is 5.90. The average molecular weight is 402 g/mol. The first-order chi connectivity index (χ1) is 13.5. The fraction of sp³-hybridized carbons (Fsp3) is 0.333. The number of methoxy groups -OCH3 is 1. The number of benzene rings is 2. The number of hydrogen-bond acceptors (Lipinski definition) is 5. The first-order valence-corrected chi connectivity index (χ1v) is 9.46. The van der Waals surface area contributed by atoms with E-state index >= 15 is 0 Å². The standard InChI is InChI=1S/C21H27N3O3S/c1-15-7-5-8-16(2)20(15)27-12-6-11-26-18-10-9-17(13-19(18)25-4)14-23-24-21(28)22-3/h5,7-10,13-14H,6,11-12H2,1-4H3,(H2,22,24,28). The molecule has 0 radical (unpaired) electrons. The van der Waals surface area contributed by atoms with Crippen LogP contribution in [0.1, 0.15) is 23.1 Å². The van der Waals surface area contributed by atoms with Crippen molar-refractivity contribution in [1.29, 1.82) is 0 Å². The molecule has 0 spiro atoms. The van der Waals surface area contributed by atoms with E-state index in [-0.39, 0.29) is 0 Å². The molecule has 0 fully saturated rings. The Kier molecular flexibility index (Phi) is 8.55. The van der Waals surface area contributed by atoms with Crippen LogP contribution in [0, 0.1) is 13.8 Å². The third kappa shape index (κ3) is 6.42. The van der Waals surface area contributed by atoms with Crippen molar-refractivity contribution in [3.63, 3.8) is 0 Å². The van der Waals surface area contributed by atoms with Gasteiger partial charge in [-0.15, -0.1) is 0 Å². The summed E-state index contributed by atoms with van der Waals surface area (Å²) >= 11 is 4.96. The lowest BCUT2D eigenvalue weighted by Gasteiger charge is -2.13. The van der Waals surface area contributed by atoms with Crippen LogP contribution in [0.25, 0.3) is 0 Å². The van der Waals surface area contributed by atoms with Crippen molar-refractivity contribution < 1.29 is 14.2 Å². The maximum Gasteiger partial charge on any atom is 0.186 e. The molecule has 0 unspecified atom stereocenters.